The molecule has 0 saturated carbocycles. The first kappa shape index (κ1) is 20.0. The molecule has 3 aromatic rings. The van der Waals surface area contributed by atoms with Gasteiger partial charge in [0.2, 0.25) is 0 Å². The first-order chi connectivity index (χ1) is 15.3. The molecule has 2 aliphatic rings. The van der Waals surface area contributed by atoms with E-state index in [1.54, 1.807) is 24.3 Å². The summed E-state index contributed by atoms with van der Waals surface area (Å²) < 4.78 is 0. The minimum absolute atomic E-state index is 0.207. The van der Waals surface area contributed by atoms with Crippen LogP contribution in [0.5, 0.6) is 5.75 Å². The largest absolute Gasteiger partial charge is 0.508 e. The number of phenols is 1. The summed E-state index contributed by atoms with van der Waals surface area (Å²) >= 11 is 0. The van der Waals surface area contributed by atoms with Crippen molar-refractivity contribution in [3.63, 3.8) is 0 Å². The molecule has 0 spiro atoms. The SMILES string of the molecule is Cc1ccc(C)c(N2C(=O)c3ccc(C(=O)NC4CCc5c(O)cccc54)cc3C2=O)c1. The third-order valence-electron chi connectivity index (χ3n) is 6.31. The van der Waals surface area contributed by atoms with Gasteiger partial charge < -0.3 is 10.4 Å². The molecule has 6 heteroatoms. The highest BCUT2D eigenvalue weighted by Crippen LogP contribution is 2.37. The molecular weight excluding hydrogens is 404 g/mol. The summed E-state index contributed by atoms with van der Waals surface area (Å²) in [5.41, 5.74) is 4.95. The van der Waals surface area contributed by atoms with Crippen molar-refractivity contribution in [1.82, 2.24) is 5.32 Å². The van der Waals surface area contributed by atoms with Crippen molar-refractivity contribution < 1.29 is 19.5 Å². The van der Waals surface area contributed by atoms with Crippen LogP contribution in [0.1, 0.15) is 65.8 Å². The Hall–Kier alpha value is -3.93. The van der Waals surface area contributed by atoms with E-state index in [0.717, 1.165) is 22.3 Å². The molecule has 0 bridgehead atoms. The van der Waals surface area contributed by atoms with Crippen molar-refractivity contribution in [2.75, 3.05) is 4.90 Å². The maximum atomic E-state index is 13.1. The number of hydrogen-bond donors (Lipinski definition) is 2. The molecule has 0 radical (unpaired) electrons. The molecule has 0 fully saturated rings. The Morgan fingerprint density at radius 2 is 1.78 bits per heavy atom. The lowest BCUT2D eigenvalue weighted by molar-refractivity contribution is 0.0921. The number of carbonyl (C=O) groups is 3. The Bertz CT molecular complexity index is 1310. The Morgan fingerprint density at radius 1 is 1.00 bits per heavy atom. The lowest BCUT2D eigenvalue weighted by atomic mass is 10.0. The van der Waals surface area contributed by atoms with Crippen LogP contribution in [0.4, 0.5) is 5.69 Å². The molecule has 5 rings (SSSR count). The van der Waals surface area contributed by atoms with E-state index in [4.69, 9.17) is 0 Å². The van der Waals surface area contributed by atoms with Crippen molar-refractivity contribution in [1.29, 1.82) is 0 Å². The highest BCUT2D eigenvalue weighted by atomic mass is 16.3. The van der Waals surface area contributed by atoms with Crippen LogP contribution in [-0.4, -0.2) is 22.8 Å². The number of carbonyl (C=O) groups excluding carboxylic acids is 3. The molecule has 0 aromatic heterocycles. The second-order valence-electron chi connectivity index (χ2n) is 8.41. The van der Waals surface area contributed by atoms with Gasteiger partial charge in [0.25, 0.3) is 17.7 Å². The fourth-order valence-corrected chi connectivity index (χ4v) is 4.59. The number of nitrogens with one attached hydrogen (secondary N) is 1. The molecular formula is C26H22N2O4. The van der Waals surface area contributed by atoms with E-state index in [-0.39, 0.29) is 29.2 Å². The van der Waals surface area contributed by atoms with E-state index in [1.165, 1.54) is 11.0 Å². The maximum absolute atomic E-state index is 13.1. The van der Waals surface area contributed by atoms with Gasteiger partial charge in [0.15, 0.2) is 0 Å². The van der Waals surface area contributed by atoms with Gasteiger partial charge in [-0.1, -0.05) is 24.3 Å². The molecule has 1 atom stereocenters. The Morgan fingerprint density at radius 3 is 2.59 bits per heavy atom. The Labute approximate surface area is 185 Å². The smallest absolute Gasteiger partial charge is 0.266 e. The van der Waals surface area contributed by atoms with Crippen molar-refractivity contribution in [3.05, 3.63) is 93.5 Å². The van der Waals surface area contributed by atoms with E-state index in [1.807, 2.05) is 38.1 Å². The number of aromatic hydroxyl groups is 1. The van der Waals surface area contributed by atoms with Gasteiger partial charge in [-0.15, -0.1) is 0 Å². The van der Waals surface area contributed by atoms with E-state index in [2.05, 4.69) is 5.32 Å². The van der Waals surface area contributed by atoms with Crippen LogP contribution in [0, 0.1) is 13.8 Å². The molecule has 32 heavy (non-hydrogen) atoms. The van der Waals surface area contributed by atoms with Crippen LogP contribution < -0.4 is 10.2 Å². The summed E-state index contributed by atoms with van der Waals surface area (Å²) in [7, 11) is 0. The number of amides is 3. The van der Waals surface area contributed by atoms with Gasteiger partial charge in [0.1, 0.15) is 5.75 Å². The minimum Gasteiger partial charge on any atom is -0.508 e. The number of hydrogen-bond acceptors (Lipinski definition) is 4. The number of nitrogens with zero attached hydrogens (tertiary/aromatic N) is 1. The lowest BCUT2D eigenvalue weighted by Gasteiger charge is -2.17. The molecule has 6 nitrogen and oxygen atoms in total. The fourth-order valence-electron chi connectivity index (χ4n) is 4.59. The summed E-state index contributed by atoms with van der Waals surface area (Å²) in [6.07, 6.45) is 1.39. The van der Waals surface area contributed by atoms with Gasteiger partial charge in [-0.3, -0.25) is 14.4 Å². The van der Waals surface area contributed by atoms with E-state index in [9.17, 15) is 19.5 Å². The standard InChI is InChI=1S/C26H22N2O4/c1-14-6-7-15(2)22(12-14)28-25(31)19-9-8-16(13-20(19)26(28)32)24(30)27-21-11-10-18-17(21)4-3-5-23(18)29/h3-9,12-13,21,29H,10-11H2,1-2H3,(H,27,30). The molecule has 1 aliphatic carbocycles. The van der Waals surface area contributed by atoms with Gasteiger partial charge >= 0.3 is 0 Å². The number of rotatable bonds is 3. The molecule has 1 aliphatic heterocycles. The van der Waals surface area contributed by atoms with Crippen molar-refractivity contribution in [2.45, 2.75) is 32.7 Å². The highest BCUT2D eigenvalue weighted by Gasteiger charge is 2.38. The van der Waals surface area contributed by atoms with Gasteiger partial charge in [-0.05, 0) is 79.3 Å². The second kappa shape index (κ2) is 7.34. The third kappa shape index (κ3) is 3.07. The highest BCUT2D eigenvalue weighted by molar-refractivity contribution is 6.35. The molecule has 2 N–H and O–H groups in total. The molecule has 1 unspecified atom stereocenters. The zero-order chi connectivity index (χ0) is 22.6. The minimum atomic E-state index is -0.426. The summed E-state index contributed by atoms with van der Waals surface area (Å²) in [6, 6.07) is 15.3. The third-order valence-corrected chi connectivity index (χ3v) is 6.31. The van der Waals surface area contributed by atoms with Crippen molar-refractivity contribution in [2.24, 2.45) is 0 Å². The van der Waals surface area contributed by atoms with Crippen LogP contribution in [0.3, 0.4) is 0 Å². The van der Waals surface area contributed by atoms with E-state index < -0.39 is 5.91 Å². The van der Waals surface area contributed by atoms with Gasteiger partial charge in [0.05, 0.1) is 22.9 Å². The first-order valence-corrected chi connectivity index (χ1v) is 10.6. The van der Waals surface area contributed by atoms with Crippen LogP contribution in [0.2, 0.25) is 0 Å². The van der Waals surface area contributed by atoms with Crippen LogP contribution in [0.25, 0.3) is 0 Å². The Kier molecular flexibility index (Phi) is 4.59. The number of benzene rings is 3. The van der Waals surface area contributed by atoms with Gasteiger partial charge in [0, 0.05) is 5.56 Å². The predicted molar refractivity (Wildman–Crippen MR) is 120 cm³/mol. The number of phenolic OH excluding ortho intramolecular Hbond substituents is 1. The van der Waals surface area contributed by atoms with Crippen LogP contribution in [0.15, 0.2) is 54.6 Å². The van der Waals surface area contributed by atoms with Crippen LogP contribution in [-0.2, 0) is 6.42 Å². The summed E-state index contributed by atoms with van der Waals surface area (Å²) in [6.45, 7) is 3.76. The Balaban J connectivity index is 1.43. The topological polar surface area (TPSA) is 86.7 Å². The van der Waals surface area contributed by atoms with Crippen molar-refractivity contribution in [3.8, 4) is 5.75 Å². The van der Waals surface area contributed by atoms with E-state index in [0.29, 0.717) is 29.7 Å². The average Bonchev–Trinajstić information content (AvgIpc) is 3.29. The molecule has 3 aromatic carbocycles. The summed E-state index contributed by atoms with van der Waals surface area (Å²) in [5, 5.41) is 13.0. The number of imide groups is 1. The fraction of sp³-hybridized carbons (Fsp3) is 0.192. The normalized spacial score (nSPS) is 16.8. The maximum Gasteiger partial charge on any atom is 0.266 e. The van der Waals surface area contributed by atoms with E-state index >= 15 is 0 Å². The molecule has 1 heterocycles. The summed E-state index contributed by atoms with van der Waals surface area (Å²) in [5.74, 6) is -0.887. The number of aryl methyl sites for hydroxylation is 2. The van der Waals surface area contributed by atoms with Gasteiger partial charge in [-0.25, -0.2) is 4.90 Å². The lowest BCUT2D eigenvalue weighted by Crippen LogP contribution is -2.30. The number of anilines is 1. The molecule has 0 saturated heterocycles. The zero-order valence-electron chi connectivity index (χ0n) is 17.8. The molecule has 3 amide bonds. The zero-order valence-corrected chi connectivity index (χ0v) is 17.8. The first-order valence-electron chi connectivity index (χ1n) is 10.6. The van der Waals surface area contributed by atoms with Gasteiger partial charge in [-0.2, -0.15) is 0 Å². The summed E-state index contributed by atoms with van der Waals surface area (Å²) in [4.78, 5) is 40.3. The quantitative estimate of drug-likeness (QED) is 0.614. The second-order valence-corrected chi connectivity index (χ2v) is 8.41. The van der Waals surface area contributed by atoms with Crippen LogP contribution >= 0.6 is 0 Å². The average molecular weight is 426 g/mol. The molecule has 160 valence electrons. The predicted octanol–water partition coefficient (Wildman–Crippen LogP) is 4.23. The van der Waals surface area contributed by atoms with Crippen molar-refractivity contribution >= 4 is 23.4 Å². The number of fused-ring (bicyclic) bond motifs is 2. The monoisotopic (exact) mass is 426 g/mol.